The van der Waals surface area contributed by atoms with E-state index in [2.05, 4.69) is 12.3 Å². The summed E-state index contributed by atoms with van der Waals surface area (Å²) in [6, 6.07) is 0. The van der Waals surface area contributed by atoms with Crippen LogP contribution in [0.1, 0.15) is 0 Å². The Hall–Kier alpha value is 2.17. The molecule has 1 radical (unpaired) electrons. The Balaban J connectivity index is 0. The molecule has 0 aromatic rings. The second-order valence-corrected chi connectivity index (χ2v) is 7.69. The first-order valence-electron chi connectivity index (χ1n) is 2.57. The fraction of sp³-hybridized carbons (Fsp3) is 0. The molecule has 0 aromatic heterocycles. The van der Waals surface area contributed by atoms with E-state index in [1.54, 1.807) is 0 Å². The smallest absolute Gasteiger partial charge is 0.368 e. The van der Waals surface area contributed by atoms with E-state index in [9.17, 15) is 0 Å². The van der Waals surface area contributed by atoms with Gasteiger partial charge < -0.3 is 41.1 Å². The zero-order valence-electron chi connectivity index (χ0n) is 6.91. The second-order valence-electron chi connectivity index (χ2n) is 1.95. The molecule has 1 heterocycles. The van der Waals surface area contributed by atoms with Crippen LogP contribution in [-0.2, 0) is 38.5 Å². The van der Waals surface area contributed by atoms with Crippen LogP contribution < -0.4 is 0 Å². The number of hydrogen-bond donors (Lipinski definition) is 6. The Kier molecular flexibility index (Phi) is 7.52. The average Bonchev–Trinajstić information content (AvgIpc) is 1.44. The Morgan fingerprint density at radius 1 is 0.571 bits per heavy atom. The first-order valence-corrected chi connectivity index (χ1v) is 7.70. The molecule has 0 aromatic carbocycles. The quantitative estimate of drug-likeness (QED) is 0.236. The van der Waals surface area contributed by atoms with Gasteiger partial charge in [0.05, 0.1) is 0 Å². The van der Waals surface area contributed by atoms with Gasteiger partial charge in [0.25, 0.3) is 0 Å². The van der Waals surface area contributed by atoms with Gasteiger partial charge in [-0.25, -0.2) is 0 Å². The Labute approximate surface area is 123 Å². The van der Waals surface area contributed by atoms with Crippen LogP contribution in [-0.4, -0.2) is 85.5 Å². The van der Waals surface area contributed by atoms with Gasteiger partial charge in [0, 0.05) is 55.8 Å². The molecule has 0 amide bonds. The monoisotopic (exact) mass is 347 g/mol. The molecule has 77 valence electrons. The van der Waals surface area contributed by atoms with Gasteiger partial charge in [0.15, 0.2) is 0 Å². The largest absolute Gasteiger partial charge is 0.662 e. The normalized spacial score (nSPS) is 27.0. The molecule has 14 heteroatoms. The van der Waals surface area contributed by atoms with E-state index in [4.69, 9.17) is 28.8 Å². The van der Waals surface area contributed by atoms with E-state index in [0.29, 0.717) is 0 Å². The Bertz CT molecular complexity index is 147. The van der Waals surface area contributed by atoms with Crippen LogP contribution >= 0.6 is 0 Å². The van der Waals surface area contributed by atoms with E-state index in [1.165, 1.54) is 0 Å². The molecule has 0 spiro atoms. The molecule has 1 rings (SSSR count). The third kappa shape index (κ3) is 6.04. The predicted molar refractivity (Wildman–Crippen MR) is 39.6 cm³/mol. The average molecular weight is 349 g/mol. The SMILES string of the molecule is O[Si]1(O)O[Si](O)(O)O[Si](O)(O)O1.[Na].[Zr]. The topological polar surface area (TPSA) is 149 Å². The summed E-state index contributed by atoms with van der Waals surface area (Å²) in [7, 11) is -14.6. The first kappa shape index (κ1) is 18.5. The maximum absolute atomic E-state index is 8.65. The summed E-state index contributed by atoms with van der Waals surface area (Å²) in [4.78, 5) is 51.9. The van der Waals surface area contributed by atoms with Crippen LogP contribution in [0.3, 0.4) is 0 Å². The van der Waals surface area contributed by atoms with Crippen LogP contribution in [0.4, 0.5) is 0 Å². The third-order valence-electron chi connectivity index (χ3n) is 0.798. The van der Waals surface area contributed by atoms with E-state index in [0.717, 1.165) is 0 Å². The molecule has 1 aliphatic rings. The molecular formula is H6NaO9Si3Zr. The van der Waals surface area contributed by atoms with E-state index >= 15 is 0 Å². The number of rotatable bonds is 0. The molecule has 0 unspecified atom stereocenters. The summed E-state index contributed by atoms with van der Waals surface area (Å²) >= 11 is 0. The zero-order chi connectivity index (χ0) is 9.62. The number of hydrogen-bond acceptors (Lipinski definition) is 9. The molecule has 0 atom stereocenters. The van der Waals surface area contributed by atoms with Gasteiger partial charge in [-0.2, -0.15) is 0 Å². The summed E-state index contributed by atoms with van der Waals surface area (Å²) in [5, 5.41) is 0. The Morgan fingerprint density at radius 2 is 0.714 bits per heavy atom. The van der Waals surface area contributed by atoms with Gasteiger partial charge >= 0.3 is 27.1 Å². The van der Waals surface area contributed by atoms with Crippen molar-refractivity contribution >= 4 is 56.7 Å². The van der Waals surface area contributed by atoms with Gasteiger partial charge in [0.2, 0.25) is 0 Å². The molecular weight excluding hydrogens is 342 g/mol. The maximum Gasteiger partial charge on any atom is 0.662 e. The van der Waals surface area contributed by atoms with Gasteiger partial charge in [-0.1, -0.05) is 0 Å². The molecule has 0 aliphatic carbocycles. The van der Waals surface area contributed by atoms with Crippen LogP contribution in [0.2, 0.25) is 0 Å². The molecule has 0 saturated carbocycles. The van der Waals surface area contributed by atoms with E-state index in [-0.39, 0.29) is 55.8 Å². The molecule has 1 saturated heterocycles. The van der Waals surface area contributed by atoms with Gasteiger partial charge in [0.1, 0.15) is 0 Å². The van der Waals surface area contributed by atoms with Crippen LogP contribution in [0.15, 0.2) is 0 Å². The van der Waals surface area contributed by atoms with E-state index < -0.39 is 27.1 Å². The molecule has 1 aliphatic heterocycles. The summed E-state index contributed by atoms with van der Waals surface area (Å²) < 4.78 is 11.3. The third-order valence-corrected chi connectivity index (χ3v) is 7.18. The predicted octanol–water partition coefficient (Wildman–Crippen LogP) is -5.07. The van der Waals surface area contributed by atoms with Crippen molar-refractivity contribution in [3.8, 4) is 0 Å². The van der Waals surface area contributed by atoms with Crippen molar-refractivity contribution in [2.24, 2.45) is 0 Å². The molecule has 6 N–H and O–H groups in total. The summed E-state index contributed by atoms with van der Waals surface area (Å²) in [6.45, 7) is 0. The first-order chi connectivity index (χ1) is 5.12. The fourth-order valence-electron chi connectivity index (χ4n) is 0.582. The zero-order valence-corrected chi connectivity index (χ0v) is 14.4. The van der Waals surface area contributed by atoms with Crippen LogP contribution in [0.5, 0.6) is 0 Å². The summed E-state index contributed by atoms with van der Waals surface area (Å²) in [6.07, 6.45) is 0. The molecule has 9 nitrogen and oxygen atoms in total. The van der Waals surface area contributed by atoms with Crippen LogP contribution in [0, 0.1) is 0 Å². The van der Waals surface area contributed by atoms with Crippen molar-refractivity contribution in [3.63, 3.8) is 0 Å². The van der Waals surface area contributed by atoms with Crippen molar-refractivity contribution < 1.29 is 67.3 Å². The summed E-state index contributed by atoms with van der Waals surface area (Å²) in [5.41, 5.74) is 0. The van der Waals surface area contributed by atoms with Crippen LogP contribution in [0.25, 0.3) is 0 Å². The van der Waals surface area contributed by atoms with Gasteiger partial charge in [-0.15, -0.1) is 0 Å². The van der Waals surface area contributed by atoms with Crippen molar-refractivity contribution in [3.05, 3.63) is 0 Å². The van der Waals surface area contributed by atoms with Crippen molar-refractivity contribution in [2.45, 2.75) is 0 Å². The molecule has 1 fully saturated rings. The second kappa shape index (κ2) is 5.68. The summed E-state index contributed by atoms with van der Waals surface area (Å²) in [5.74, 6) is 0. The van der Waals surface area contributed by atoms with E-state index in [1.807, 2.05) is 0 Å². The minimum absolute atomic E-state index is 0. The van der Waals surface area contributed by atoms with Crippen molar-refractivity contribution in [1.29, 1.82) is 0 Å². The minimum Gasteiger partial charge on any atom is -0.368 e. The standard InChI is InChI=1S/Na.H6O9Si3.Zr/c;1-10(2)7-11(3,4)9-12(5,6)8-10;/h;1-6H;. The Morgan fingerprint density at radius 3 is 0.857 bits per heavy atom. The molecule has 0 bridgehead atoms. The minimum atomic E-state index is -4.86. The van der Waals surface area contributed by atoms with Gasteiger partial charge in [-0.3, -0.25) is 0 Å². The van der Waals surface area contributed by atoms with Crippen molar-refractivity contribution in [1.82, 2.24) is 0 Å². The van der Waals surface area contributed by atoms with Gasteiger partial charge in [-0.05, 0) is 0 Å². The fourth-order valence-corrected chi connectivity index (χ4v) is 6.36. The molecule has 14 heavy (non-hydrogen) atoms. The van der Waals surface area contributed by atoms with Crippen molar-refractivity contribution in [2.75, 3.05) is 0 Å². The maximum atomic E-state index is 8.65.